The first-order valence-electron chi connectivity index (χ1n) is 10.5. The molecule has 0 bridgehead atoms. The fraction of sp³-hybridized carbons (Fsp3) is 0.435. The van der Waals surface area contributed by atoms with Crippen molar-refractivity contribution < 1.29 is 9.53 Å². The van der Waals surface area contributed by atoms with Crippen molar-refractivity contribution in [3.05, 3.63) is 53.9 Å². The molecule has 0 aliphatic heterocycles. The van der Waals surface area contributed by atoms with Gasteiger partial charge in [-0.15, -0.1) is 0 Å². The summed E-state index contributed by atoms with van der Waals surface area (Å²) in [5.41, 5.74) is 3.84. The summed E-state index contributed by atoms with van der Waals surface area (Å²) in [5, 5.41) is 3.97. The summed E-state index contributed by atoms with van der Waals surface area (Å²) < 4.78 is 7.25. The molecule has 0 unspecified atom stereocenters. The Hall–Kier alpha value is -2.38. The number of fused-ring (bicyclic) bond motifs is 1. The van der Waals surface area contributed by atoms with E-state index in [4.69, 9.17) is 9.72 Å². The van der Waals surface area contributed by atoms with Crippen LogP contribution in [-0.2, 0) is 11.3 Å². The maximum Gasteiger partial charge on any atom is 0.251 e. The van der Waals surface area contributed by atoms with Crippen LogP contribution in [0.15, 0.2) is 47.9 Å². The van der Waals surface area contributed by atoms with Crippen LogP contribution in [0.4, 0.5) is 0 Å². The first kappa shape index (κ1) is 20.9. The van der Waals surface area contributed by atoms with E-state index in [1.807, 2.05) is 48.3 Å². The zero-order chi connectivity index (χ0) is 20.8. The van der Waals surface area contributed by atoms with Gasteiger partial charge in [0.25, 0.3) is 5.91 Å². The van der Waals surface area contributed by atoms with Crippen molar-refractivity contribution in [2.45, 2.75) is 37.4 Å². The number of carbonyl (C=O) groups is 1. The molecule has 3 aromatic rings. The van der Waals surface area contributed by atoms with Crippen molar-refractivity contribution in [3.63, 3.8) is 0 Å². The van der Waals surface area contributed by atoms with Gasteiger partial charge in [-0.3, -0.25) is 9.78 Å². The van der Waals surface area contributed by atoms with Gasteiger partial charge in [0.2, 0.25) is 0 Å². The SMILES string of the molecule is COCCCNC(=O)c1ccc(Cn2c(SCC3CCC3)nc3ccncc32)cc1. The number of hydrogen-bond acceptors (Lipinski definition) is 5. The average molecular weight is 425 g/mol. The van der Waals surface area contributed by atoms with Crippen LogP contribution in [0.3, 0.4) is 0 Å². The molecule has 1 aliphatic carbocycles. The number of carbonyl (C=O) groups excluding carboxylic acids is 1. The van der Waals surface area contributed by atoms with Crippen LogP contribution in [0.2, 0.25) is 0 Å². The van der Waals surface area contributed by atoms with Gasteiger partial charge >= 0.3 is 0 Å². The van der Waals surface area contributed by atoms with Crippen molar-refractivity contribution in [2.24, 2.45) is 5.92 Å². The van der Waals surface area contributed by atoms with Crippen molar-refractivity contribution in [1.29, 1.82) is 0 Å². The summed E-state index contributed by atoms with van der Waals surface area (Å²) in [6.07, 6.45) is 8.52. The molecular weight excluding hydrogens is 396 g/mol. The third kappa shape index (κ3) is 5.02. The lowest BCUT2D eigenvalue weighted by Gasteiger charge is -2.24. The van der Waals surface area contributed by atoms with Crippen LogP contribution < -0.4 is 5.32 Å². The predicted octanol–water partition coefficient (Wildman–Crippen LogP) is 4.14. The van der Waals surface area contributed by atoms with Gasteiger partial charge in [0.15, 0.2) is 5.16 Å². The van der Waals surface area contributed by atoms with Crippen molar-refractivity contribution in [3.8, 4) is 0 Å². The molecule has 158 valence electrons. The molecule has 7 heteroatoms. The minimum Gasteiger partial charge on any atom is -0.385 e. The first-order valence-corrected chi connectivity index (χ1v) is 11.5. The second-order valence-corrected chi connectivity index (χ2v) is 8.74. The largest absolute Gasteiger partial charge is 0.385 e. The number of nitrogens with one attached hydrogen (secondary N) is 1. The Morgan fingerprint density at radius 1 is 1.27 bits per heavy atom. The molecule has 1 fully saturated rings. The minimum atomic E-state index is -0.0494. The fourth-order valence-corrected chi connectivity index (χ4v) is 4.73. The number of hydrogen-bond donors (Lipinski definition) is 1. The lowest BCUT2D eigenvalue weighted by Crippen LogP contribution is -2.25. The number of thioether (sulfide) groups is 1. The zero-order valence-electron chi connectivity index (χ0n) is 17.3. The highest BCUT2D eigenvalue weighted by Crippen LogP contribution is 2.33. The molecule has 2 heterocycles. The van der Waals surface area contributed by atoms with E-state index in [2.05, 4.69) is 14.9 Å². The first-order chi connectivity index (χ1) is 14.7. The molecule has 4 rings (SSSR count). The summed E-state index contributed by atoms with van der Waals surface area (Å²) in [5.74, 6) is 1.90. The molecule has 2 aromatic heterocycles. The molecule has 1 aromatic carbocycles. The number of ether oxygens (including phenoxy) is 1. The van der Waals surface area contributed by atoms with E-state index in [0.717, 1.165) is 39.8 Å². The number of pyridine rings is 1. The summed E-state index contributed by atoms with van der Waals surface area (Å²) in [7, 11) is 1.66. The molecule has 1 saturated carbocycles. The van der Waals surface area contributed by atoms with Crippen LogP contribution in [-0.4, -0.2) is 46.5 Å². The minimum absolute atomic E-state index is 0.0494. The van der Waals surface area contributed by atoms with Gasteiger partial charge < -0.3 is 14.6 Å². The van der Waals surface area contributed by atoms with Gasteiger partial charge in [-0.2, -0.15) is 0 Å². The van der Waals surface area contributed by atoms with Gasteiger partial charge in [0.1, 0.15) is 0 Å². The molecule has 6 nitrogen and oxygen atoms in total. The predicted molar refractivity (Wildman–Crippen MR) is 120 cm³/mol. The van der Waals surface area contributed by atoms with E-state index in [9.17, 15) is 4.79 Å². The van der Waals surface area contributed by atoms with E-state index < -0.39 is 0 Å². The third-order valence-corrected chi connectivity index (χ3v) is 6.76. The standard InChI is InChI=1S/C23H28N4O2S/c1-29-13-3-11-25-22(28)19-8-6-17(7-9-19)15-27-21-14-24-12-10-20(21)26-23(27)30-16-18-4-2-5-18/h6-10,12,14,18H,2-5,11,13,15-16H2,1H3,(H,25,28). The molecule has 30 heavy (non-hydrogen) atoms. The number of methoxy groups -OCH3 is 1. The molecule has 1 N–H and O–H groups in total. The Bertz CT molecular complexity index is 983. The second kappa shape index (κ2) is 10.1. The third-order valence-electron chi connectivity index (χ3n) is 5.56. The quantitative estimate of drug-likeness (QED) is 0.391. The van der Waals surface area contributed by atoms with Gasteiger partial charge in [0.05, 0.1) is 23.8 Å². The summed E-state index contributed by atoms with van der Waals surface area (Å²) >= 11 is 1.85. The topological polar surface area (TPSA) is 69.0 Å². The smallest absolute Gasteiger partial charge is 0.251 e. The lowest BCUT2D eigenvalue weighted by molar-refractivity contribution is 0.0948. The Kier molecular flexibility index (Phi) is 7.02. The molecular formula is C23H28N4O2S. The number of benzene rings is 1. The van der Waals surface area contributed by atoms with Gasteiger partial charge in [0, 0.05) is 37.8 Å². The maximum atomic E-state index is 12.3. The van der Waals surface area contributed by atoms with Gasteiger partial charge in [-0.05, 0) is 48.9 Å². The molecule has 0 spiro atoms. The fourth-order valence-electron chi connectivity index (χ4n) is 3.53. The zero-order valence-corrected chi connectivity index (χ0v) is 18.2. The van der Waals surface area contributed by atoms with Crippen LogP contribution >= 0.6 is 11.8 Å². The lowest BCUT2D eigenvalue weighted by atomic mass is 9.87. The normalized spacial score (nSPS) is 14.0. The number of imidazole rings is 1. The molecule has 0 atom stereocenters. The molecule has 0 radical (unpaired) electrons. The van der Waals surface area contributed by atoms with Gasteiger partial charge in [-0.25, -0.2) is 4.98 Å². The van der Waals surface area contributed by atoms with E-state index in [1.54, 1.807) is 13.3 Å². The van der Waals surface area contributed by atoms with E-state index in [1.165, 1.54) is 19.3 Å². The molecule has 1 aliphatic rings. The van der Waals surface area contributed by atoms with Crippen LogP contribution in [0.5, 0.6) is 0 Å². The molecule has 1 amide bonds. The van der Waals surface area contributed by atoms with Crippen molar-refractivity contribution in [1.82, 2.24) is 19.9 Å². The van der Waals surface area contributed by atoms with E-state index in [0.29, 0.717) is 25.3 Å². The highest BCUT2D eigenvalue weighted by Gasteiger charge is 2.20. The van der Waals surface area contributed by atoms with Crippen LogP contribution in [0.25, 0.3) is 11.0 Å². The highest BCUT2D eigenvalue weighted by atomic mass is 32.2. The van der Waals surface area contributed by atoms with Crippen LogP contribution in [0.1, 0.15) is 41.6 Å². The Labute approximate surface area is 181 Å². The van der Waals surface area contributed by atoms with E-state index >= 15 is 0 Å². The molecule has 0 saturated heterocycles. The monoisotopic (exact) mass is 424 g/mol. The number of rotatable bonds is 10. The van der Waals surface area contributed by atoms with E-state index in [-0.39, 0.29) is 5.91 Å². The highest BCUT2D eigenvalue weighted by molar-refractivity contribution is 7.99. The Balaban J connectivity index is 1.45. The number of nitrogens with zero attached hydrogens (tertiary/aromatic N) is 3. The Morgan fingerprint density at radius 2 is 2.10 bits per heavy atom. The van der Waals surface area contributed by atoms with Gasteiger partial charge in [-0.1, -0.05) is 30.3 Å². The second-order valence-electron chi connectivity index (χ2n) is 7.75. The van der Waals surface area contributed by atoms with Crippen molar-refractivity contribution in [2.75, 3.05) is 26.0 Å². The summed E-state index contributed by atoms with van der Waals surface area (Å²) in [6, 6.07) is 9.79. The maximum absolute atomic E-state index is 12.3. The van der Waals surface area contributed by atoms with Crippen molar-refractivity contribution >= 4 is 28.7 Å². The van der Waals surface area contributed by atoms with Crippen LogP contribution in [0, 0.1) is 5.92 Å². The number of aromatic nitrogens is 3. The average Bonchev–Trinajstić information content (AvgIpc) is 3.08. The summed E-state index contributed by atoms with van der Waals surface area (Å²) in [4.78, 5) is 21.4. The summed E-state index contributed by atoms with van der Waals surface area (Å²) in [6.45, 7) is 1.98. The number of amides is 1. The Morgan fingerprint density at radius 3 is 2.83 bits per heavy atom.